The topological polar surface area (TPSA) is 627 Å². The van der Waals surface area contributed by atoms with Gasteiger partial charge in [-0.05, 0) is 92.6 Å². The first kappa shape index (κ1) is 96.3. The lowest BCUT2D eigenvalue weighted by Gasteiger charge is -2.34. The number of carboxylic acids is 3. The van der Waals surface area contributed by atoms with Crippen LogP contribution in [-0.4, -0.2) is 275 Å². The van der Waals surface area contributed by atoms with Crippen LogP contribution in [0.2, 0.25) is 0 Å². The molecule has 3 aliphatic rings. The van der Waals surface area contributed by atoms with Gasteiger partial charge in [0.25, 0.3) is 0 Å². The van der Waals surface area contributed by atoms with Gasteiger partial charge in [-0.3, -0.25) is 86.9 Å². The lowest BCUT2D eigenvalue weighted by Crippen LogP contribution is -2.62. The van der Waals surface area contributed by atoms with E-state index >= 15 is 14.4 Å². The number of primary amides is 1. The molecule has 22 N–H and O–H groups in total. The Kier molecular flexibility index (Phi) is 38.5. The molecular weight excluding hydrogens is 1640 g/mol. The number of nitrogens with zero attached hydrogens (tertiary/aromatic N) is 3. The van der Waals surface area contributed by atoms with Crippen LogP contribution >= 0.6 is 35.3 Å². The molecule has 2 fully saturated rings. The Labute approximate surface area is 709 Å². The Balaban J connectivity index is 1.25. The number of hydrogen-bond acceptors (Lipinski definition) is 23. The number of H-pyrrole nitrogens is 1. The van der Waals surface area contributed by atoms with E-state index in [-0.39, 0.29) is 87.5 Å². The van der Waals surface area contributed by atoms with Crippen molar-refractivity contribution in [1.29, 1.82) is 5.41 Å². The SMILES string of the molecule is CSCC[C@H](NC(C)=O)C(=O)N[C@H]1CSCc2cccc(c2)CSC[C@@H](C(=O)NC(CC(=O)O)C(=O)N[C@@H](Cc2c[nH]cn2)C(=O)N[C@@H](Cc2ccccc2)C(=O)N[C@@H](CCCNC(=N)N)C(=O)N[C@@H](CC(=O)O)C(N)=O)NC(=O)[C@H](Cc2ccccc2)NC(=O)[C@H](CCC(=O)O)NC(=O)[C@H]([C@@H](C)O)NC(=O)[C@@H]2CCCN2C(=O)[C@@H]2CCCN2C1=O. The van der Waals surface area contributed by atoms with Gasteiger partial charge in [0.05, 0.1) is 31.0 Å². The molecular formula is C78H105N19O21S3. The van der Waals surface area contributed by atoms with Crippen molar-refractivity contribution in [2.75, 3.05) is 43.1 Å². The van der Waals surface area contributed by atoms with E-state index < -0.39 is 229 Å². The molecule has 14 amide bonds. The number of nitrogens with two attached hydrogens (primary N) is 2. The van der Waals surface area contributed by atoms with Gasteiger partial charge in [0.1, 0.15) is 78.5 Å². The maximum atomic E-state index is 15.2. The van der Waals surface area contributed by atoms with E-state index in [1.54, 1.807) is 84.9 Å². The van der Waals surface area contributed by atoms with Crippen molar-refractivity contribution in [2.24, 2.45) is 11.5 Å². The number of thioether (sulfide) groups is 3. The van der Waals surface area contributed by atoms with Gasteiger partial charge in [-0.2, -0.15) is 35.3 Å². The van der Waals surface area contributed by atoms with E-state index in [4.69, 9.17) is 16.9 Å². The molecule has 4 aromatic rings. The highest BCUT2D eigenvalue weighted by atomic mass is 32.2. The quantitative estimate of drug-likeness (QED) is 0.0122. The molecule has 0 spiro atoms. The number of carbonyl (C=O) groups is 17. The summed E-state index contributed by atoms with van der Waals surface area (Å²) in [5.74, 6) is -18.5. The highest BCUT2D eigenvalue weighted by molar-refractivity contribution is 7.99. The number of rotatable bonds is 35. The van der Waals surface area contributed by atoms with Gasteiger partial charge < -0.3 is 110 Å². The van der Waals surface area contributed by atoms with E-state index in [9.17, 15) is 87.5 Å². The van der Waals surface area contributed by atoms with Crippen LogP contribution in [0.3, 0.4) is 0 Å². The Hall–Kier alpha value is -11.9. The van der Waals surface area contributed by atoms with E-state index in [2.05, 4.69) is 73.8 Å². The summed E-state index contributed by atoms with van der Waals surface area (Å²) in [6.45, 7) is 2.50. The Morgan fingerprint density at radius 3 is 1.74 bits per heavy atom. The van der Waals surface area contributed by atoms with Gasteiger partial charge in [-0.25, -0.2) is 4.98 Å². The predicted molar refractivity (Wildman–Crippen MR) is 442 cm³/mol. The number of imidazole rings is 1. The number of carbonyl (C=O) groups excluding carboxylic acids is 14. The van der Waals surface area contributed by atoms with Crippen molar-refractivity contribution in [2.45, 2.75) is 200 Å². The maximum Gasteiger partial charge on any atom is 0.305 e. The van der Waals surface area contributed by atoms with E-state index in [1.165, 1.54) is 52.8 Å². The van der Waals surface area contributed by atoms with Crippen LogP contribution in [0.15, 0.2) is 97.5 Å². The van der Waals surface area contributed by atoms with Crippen LogP contribution in [0, 0.1) is 5.41 Å². The van der Waals surface area contributed by atoms with Crippen molar-refractivity contribution >= 4 is 142 Å². The fraction of sp³-hybridized carbons (Fsp3) is 0.500. The maximum absolute atomic E-state index is 15.2. The summed E-state index contributed by atoms with van der Waals surface area (Å²) in [7, 11) is 0. The molecule has 1 aromatic heterocycles. The first-order valence-electron chi connectivity index (χ1n) is 39.1. The van der Waals surface area contributed by atoms with Crippen LogP contribution in [0.5, 0.6) is 0 Å². The van der Waals surface area contributed by atoms with Crippen LogP contribution < -0.4 is 75.3 Å². The number of nitrogens with one attached hydrogen (secondary N) is 14. The Bertz CT molecular complexity index is 4330. The first-order chi connectivity index (χ1) is 57.7. The van der Waals surface area contributed by atoms with Gasteiger partial charge >= 0.3 is 17.9 Å². The summed E-state index contributed by atoms with van der Waals surface area (Å²) in [6, 6.07) is 2.39. The molecule has 121 heavy (non-hydrogen) atoms. The summed E-state index contributed by atoms with van der Waals surface area (Å²) in [5.41, 5.74) is 13.2. The molecule has 0 radical (unpaired) electrons. The molecule has 40 nitrogen and oxygen atoms in total. The highest BCUT2D eigenvalue weighted by Gasteiger charge is 2.46. The molecule has 14 atom stereocenters. The second kappa shape index (κ2) is 48.4. The molecule has 7 rings (SSSR count). The number of hydrogen-bond donors (Lipinski definition) is 20. The van der Waals surface area contributed by atoms with Gasteiger partial charge in [-0.15, -0.1) is 0 Å². The lowest BCUT2D eigenvalue weighted by molar-refractivity contribution is -0.148. The number of fused-ring (bicyclic) bond motifs is 4. The molecule has 2 saturated heterocycles. The van der Waals surface area contributed by atoms with Crippen molar-refractivity contribution in [3.8, 4) is 0 Å². The Morgan fingerprint density at radius 2 is 1.16 bits per heavy atom. The smallest absolute Gasteiger partial charge is 0.305 e. The fourth-order valence-corrected chi connectivity index (χ4v) is 16.1. The van der Waals surface area contributed by atoms with E-state index in [0.29, 0.717) is 40.8 Å². The van der Waals surface area contributed by atoms with Crippen LogP contribution in [-0.2, 0) is 112 Å². The molecule has 43 heteroatoms. The van der Waals surface area contributed by atoms with Crippen molar-refractivity contribution in [3.63, 3.8) is 0 Å². The lowest BCUT2D eigenvalue weighted by atomic mass is 10.0. The molecule has 3 aliphatic heterocycles. The number of carboxylic acid groups (broad SMARTS) is 3. The monoisotopic (exact) mass is 1740 g/mol. The molecule has 2 bridgehead atoms. The van der Waals surface area contributed by atoms with E-state index in [0.717, 1.165) is 18.7 Å². The number of aliphatic carboxylic acids is 3. The summed E-state index contributed by atoms with van der Waals surface area (Å²) in [5, 5.41) is 79.0. The average Bonchev–Trinajstić information content (AvgIpc) is 1.67. The first-order valence-corrected chi connectivity index (χ1v) is 42.8. The summed E-state index contributed by atoms with van der Waals surface area (Å²) < 4.78 is 0. The highest BCUT2D eigenvalue weighted by Crippen LogP contribution is 2.28. The molecule has 1 unspecified atom stereocenters. The number of aliphatic hydroxyl groups is 1. The molecule has 0 aliphatic carbocycles. The normalized spacial score (nSPS) is 20.7. The second-order valence-electron chi connectivity index (χ2n) is 29.2. The van der Waals surface area contributed by atoms with Gasteiger partial charge in [0.2, 0.25) is 82.7 Å². The number of guanidine groups is 1. The summed E-state index contributed by atoms with van der Waals surface area (Å²) in [6.07, 6.45) is -1.15. The molecule has 3 aromatic carbocycles. The third-order valence-corrected chi connectivity index (χ3v) is 22.6. The van der Waals surface area contributed by atoms with Crippen LogP contribution in [0.25, 0.3) is 0 Å². The number of aromatic nitrogens is 2. The molecule has 0 saturated carbocycles. The zero-order chi connectivity index (χ0) is 88.4. The zero-order valence-corrected chi connectivity index (χ0v) is 69.3. The Morgan fingerprint density at radius 1 is 0.603 bits per heavy atom. The fourth-order valence-electron chi connectivity index (χ4n) is 13.6. The van der Waals surface area contributed by atoms with Crippen molar-refractivity contribution in [1.82, 2.24) is 83.6 Å². The minimum Gasteiger partial charge on any atom is -0.481 e. The number of aromatic amines is 1. The van der Waals surface area contributed by atoms with Gasteiger partial charge in [0.15, 0.2) is 5.96 Å². The summed E-state index contributed by atoms with van der Waals surface area (Å²) >= 11 is 3.73. The third kappa shape index (κ3) is 31.3. The van der Waals surface area contributed by atoms with Gasteiger partial charge in [0, 0.05) is 81.4 Å². The van der Waals surface area contributed by atoms with Crippen LogP contribution in [0.4, 0.5) is 0 Å². The summed E-state index contributed by atoms with van der Waals surface area (Å²) in [4.78, 5) is 248. The average molecular weight is 1740 g/mol. The molecule has 4 heterocycles. The number of aliphatic hydroxyl groups excluding tert-OH is 1. The number of amides is 14. The minimum absolute atomic E-state index is 0.0119. The minimum atomic E-state index is -2.11. The van der Waals surface area contributed by atoms with E-state index in [1.807, 2.05) is 6.26 Å². The van der Waals surface area contributed by atoms with Crippen LogP contribution in [0.1, 0.15) is 112 Å². The number of benzene rings is 3. The second-order valence-corrected chi connectivity index (χ2v) is 32.2. The zero-order valence-electron chi connectivity index (χ0n) is 66.8. The van der Waals surface area contributed by atoms with Gasteiger partial charge in [-0.1, -0.05) is 84.9 Å². The predicted octanol–water partition coefficient (Wildman–Crippen LogP) is -3.35. The van der Waals surface area contributed by atoms with Crippen molar-refractivity contribution in [3.05, 3.63) is 125 Å². The van der Waals surface area contributed by atoms with Crippen molar-refractivity contribution < 1.29 is 102 Å². The largest absolute Gasteiger partial charge is 0.481 e. The standard InChI is InChI=1S/C78H105N19O21S3/c1-42(98)64-75(116)87-50(23-24-61(100)101)67(108)89-54(32-45-16-8-5-9-17-45)70(111)93-57(39-120-37-46-18-10-19-47(30-46)38-121-40-58(94-68(109)51(25-29-119-3)85-43(2)99)76(117)97-28-13-22-60(97)77(118)96-27-12-21-59(96)74(115)95-64)73(114)92-56(35-63(104)105)72(113)91-55(33-48-36-82-41-84-48)71(112)90-53(31-44-14-6-4-7-15-44)69(110)86-49(20-11-26-83-78(80)81)66(107)88-52(65(79)106)34-62(102)103/h4-10,14-19,30,36,41-42,49-60,64,98H,11-13,20-29,31-35,37-40H2,1-3H3,(H2,79,106)(H,82,84)(H,85,99)(H,86,110)(H,87,116)(H,88,107)(H,89,108)(H,90,112)(H,91,113)(H,92,114)(H,93,111)(H,94,109)(H,95,115)(H,100,101)(H,102,103)(H,104,105)(H4,80,81,83)/t42-,49+,50+,51+,52+,53+,54+,55+,56?,57+,58+,59+,60+,64+/m1/s1. The molecule has 656 valence electrons. The third-order valence-electron chi connectivity index (χ3n) is 19.8.